The first-order valence-corrected chi connectivity index (χ1v) is 15.2. The fraction of sp³-hybridized carbons (Fsp3) is 0.143. The SMILES string of the molecule is c1ccc(C[SiH2]O[Si](Cc2ccccc2)(Cc2ccccc2)Cc2ccccc2)cc1. The Hall–Kier alpha value is -2.73. The zero-order valence-corrected chi connectivity index (χ0v) is 20.4. The molecule has 31 heavy (non-hydrogen) atoms. The van der Waals surface area contributed by atoms with Crippen molar-refractivity contribution in [2.45, 2.75) is 24.2 Å². The van der Waals surface area contributed by atoms with Crippen LogP contribution in [0.2, 0.25) is 0 Å². The van der Waals surface area contributed by atoms with Crippen molar-refractivity contribution >= 4 is 18.1 Å². The Morgan fingerprint density at radius 2 is 0.774 bits per heavy atom. The summed E-state index contributed by atoms with van der Waals surface area (Å²) in [7, 11) is -2.79. The lowest BCUT2D eigenvalue weighted by atomic mass is 10.2. The fourth-order valence-corrected chi connectivity index (χ4v) is 11.5. The summed E-state index contributed by atoms with van der Waals surface area (Å²) >= 11 is 0. The van der Waals surface area contributed by atoms with Crippen LogP contribution in [0.1, 0.15) is 22.3 Å². The first kappa shape index (κ1) is 21.5. The second-order valence-electron chi connectivity index (χ2n) is 8.25. The van der Waals surface area contributed by atoms with Crippen molar-refractivity contribution in [1.82, 2.24) is 0 Å². The van der Waals surface area contributed by atoms with Crippen LogP contribution in [0, 0.1) is 0 Å². The molecule has 0 fully saturated rings. The van der Waals surface area contributed by atoms with Gasteiger partial charge in [-0.15, -0.1) is 0 Å². The third-order valence-corrected chi connectivity index (χ3v) is 13.0. The molecule has 0 unspecified atom stereocenters. The molecule has 4 aromatic rings. The lowest BCUT2D eigenvalue weighted by Gasteiger charge is -2.33. The molecule has 0 saturated carbocycles. The minimum absolute atomic E-state index is 0.677. The lowest BCUT2D eigenvalue weighted by Crippen LogP contribution is -2.48. The minimum atomic E-state index is -2.11. The number of hydrogen-bond donors (Lipinski definition) is 0. The molecule has 4 aromatic carbocycles. The van der Waals surface area contributed by atoms with Crippen LogP contribution in [0.4, 0.5) is 0 Å². The van der Waals surface area contributed by atoms with Gasteiger partial charge in [0.15, 0.2) is 18.1 Å². The van der Waals surface area contributed by atoms with E-state index in [4.69, 9.17) is 4.12 Å². The third-order valence-electron chi connectivity index (χ3n) is 5.75. The van der Waals surface area contributed by atoms with E-state index in [1.807, 2.05) is 0 Å². The highest BCUT2D eigenvalue weighted by Gasteiger charge is 2.35. The second kappa shape index (κ2) is 11.1. The van der Waals surface area contributed by atoms with Gasteiger partial charge in [0, 0.05) is 0 Å². The van der Waals surface area contributed by atoms with Crippen LogP contribution in [0.15, 0.2) is 121 Å². The van der Waals surface area contributed by atoms with Crippen LogP contribution >= 0.6 is 0 Å². The van der Waals surface area contributed by atoms with Crippen molar-refractivity contribution in [3.05, 3.63) is 144 Å². The Kier molecular flexibility index (Phi) is 7.67. The van der Waals surface area contributed by atoms with E-state index in [0.717, 1.165) is 24.2 Å². The maximum absolute atomic E-state index is 7.12. The largest absolute Gasteiger partial charge is 0.459 e. The second-order valence-corrected chi connectivity index (χ2v) is 13.7. The molecule has 0 N–H and O–H groups in total. The van der Waals surface area contributed by atoms with Crippen LogP contribution < -0.4 is 0 Å². The van der Waals surface area contributed by atoms with Gasteiger partial charge in [0.2, 0.25) is 0 Å². The van der Waals surface area contributed by atoms with E-state index in [-0.39, 0.29) is 0 Å². The average molecular weight is 439 g/mol. The van der Waals surface area contributed by atoms with Crippen LogP contribution in [-0.2, 0) is 28.3 Å². The number of hydrogen-bond acceptors (Lipinski definition) is 1. The number of benzene rings is 4. The summed E-state index contributed by atoms with van der Waals surface area (Å²) in [6.45, 7) is 0. The summed E-state index contributed by atoms with van der Waals surface area (Å²) in [4.78, 5) is 0. The van der Waals surface area contributed by atoms with E-state index in [1.165, 1.54) is 22.3 Å². The Labute approximate surface area is 189 Å². The van der Waals surface area contributed by atoms with E-state index >= 15 is 0 Å². The Morgan fingerprint density at radius 3 is 1.13 bits per heavy atom. The van der Waals surface area contributed by atoms with Crippen LogP contribution in [-0.4, -0.2) is 18.1 Å². The van der Waals surface area contributed by atoms with Gasteiger partial charge in [-0.25, -0.2) is 0 Å². The van der Waals surface area contributed by atoms with Gasteiger partial charge < -0.3 is 4.12 Å². The van der Waals surface area contributed by atoms with E-state index in [0.29, 0.717) is 0 Å². The third kappa shape index (κ3) is 6.63. The van der Waals surface area contributed by atoms with Crippen LogP contribution in [0.25, 0.3) is 0 Å². The summed E-state index contributed by atoms with van der Waals surface area (Å²) < 4.78 is 7.12. The first-order valence-electron chi connectivity index (χ1n) is 11.1. The van der Waals surface area contributed by atoms with Crippen molar-refractivity contribution in [2.75, 3.05) is 0 Å². The van der Waals surface area contributed by atoms with Gasteiger partial charge in [0.1, 0.15) is 0 Å². The molecule has 0 aliphatic carbocycles. The highest BCUT2D eigenvalue weighted by molar-refractivity contribution is 6.76. The molecule has 0 aromatic heterocycles. The molecule has 4 rings (SSSR count). The smallest absolute Gasteiger partial charge is 0.192 e. The molecule has 0 aliphatic rings. The molecule has 0 atom stereocenters. The zero-order chi connectivity index (χ0) is 21.2. The summed E-state index contributed by atoms with van der Waals surface area (Å²) in [5.41, 5.74) is 5.59. The van der Waals surface area contributed by atoms with Gasteiger partial charge in [0.05, 0.1) is 0 Å². The van der Waals surface area contributed by atoms with Crippen LogP contribution in [0.3, 0.4) is 0 Å². The Morgan fingerprint density at radius 1 is 0.452 bits per heavy atom. The lowest BCUT2D eigenvalue weighted by molar-refractivity contribution is 0.556. The van der Waals surface area contributed by atoms with Crippen LogP contribution in [0.5, 0.6) is 0 Å². The molecule has 0 bridgehead atoms. The van der Waals surface area contributed by atoms with E-state index in [1.54, 1.807) is 0 Å². The Balaban J connectivity index is 1.63. The molecule has 0 aliphatic heterocycles. The normalized spacial score (nSPS) is 11.7. The molecule has 0 amide bonds. The van der Waals surface area contributed by atoms with Crippen molar-refractivity contribution < 1.29 is 4.12 Å². The molecule has 1 nitrogen and oxygen atoms in total. The minimum Gasteiger partial charge on any atom is -0.459 e. The quantitative estimate of drug-likeness (QED) is 0.294. The topological polar surface area (TPSA) is 9.23 Å². The fourth-order valence-electron chi connectivity index (χ4n) is 4.27. The maximum atomic E-state index is 7.12. The van der Waals surface area contributed by atoms with Gasteiger partial charge in [-0.1, -0.05) is 121 Å². The summed E-state index contributed by atoms with van der Waals surface area (Å²) in [5.74, 6) is 0. The van der Waals surface area contributed by atoms with Gasteiger partial charge in [-0.05, 0) is 46.4 Å². The van der Waals surface area contributed by atoms with Gasteiger partial charge in [0.25, 0.3) is 0 Å². The Bertz CT molecular complexity index is 920. The molecule has 156 valence electrons. The van der Waals surface area contributed by atoms with Gasteiger partial charge in [-0.2, -0.15) is 0 Å². The maximum Gasteiger partial charge on any atom is 0.192 e. The van der Waals surface area contributed by atoms with E-state index < -0.39 is 18.1 Å². The predicted molar refractivity (Wildman–Crippen MR) is 136 cm³/mol. The summed E-state index contributed by atoms with van der Waals surface area (Å²) in [5, 5.41) is 0. The van der Waals surface area contributed by atoms with Crippen molar-refractivity contribution in [3.63, 3.8) is 0 Å². The van der Waals surface area contributed by atoms with E-state index in [9.17, 15) is 0 Å². The average Bonchev–Trinajstić information content (AvgIpc) is 2.82. The first-order chi connectivity index (χ1) is 15.3. The summed E-state index contributed by atoms with van der Waals surface area (Å²) in [6, 6.07) is 47.9. The zero-order valence-electron chi connectivity index (χ0n) is 18.0. The number of rotatable bonds is 10. The molecule has 0 radical (unpaired) electrons. The van der Waals surface area contributed by atoms with Gasteiger partial charge in [-0.3, -0.25) is 0 Å². The highest BCUT2D eigenvalue weighted by atomic mass is 28.4. The summed E-state index contributed by atoms with van der Waals surface area (Å²) in [6.07, 6.45) is 0. The highest BCUT2D eigenvalue weighted by Crippen LogP contribution is 2.24. The van der Waals surface area contributed by atoms with Gasteiger partial charge >= 0.3 is 0 Å². The molecule has 0 saturated heterocycles. The molecule has 0 heterocycles. The predicted octanol–water partition coefficient (Wildman–Crippen LogP) is 5.58. The molecule has 0 spiro atoms. The van der Waals surface area contributed by atoms with Crippen molar-refractivity contribution in [3.8, 4) is 0 Å². The molecular formula is C28H30OSi2. The monoisotopic (exact) mass is 438 g/mol. The molecule has 3 heteroatoms. The molecular weight excluding hydrogens is 408 g/mol. The van der Waals surface area contributed by atoms with Crippen molar-refractivity contribution in [1.29, 1.82) is 0 Å². The standard InChI is InChI=1S/C28H30OSi2/c1-5-13-25(14-6-1)21-30-29-31(22-26-15-7-2-8-16-26,23-27-17-9-3-10-18-27)24-28-19-11-4-12-20-28/h1-20H,21-24,30H2. The van der Waals surface area contributed by atoms with E-state index in [2.05, 4.69) is 121 Å². The van der Waals surface area contributed by atoms with Crippen molar-refractivity contribution in [2.24, 2.45) is 0 Å².